The van der Waals surface area contributed by atoms with Crippen molar-refractivity contribution in [2.45, 2.75) is 19.9 Å². The average molecular weight is 288 g/mol. The van der Waals surface area contributed by atoms with Crippen LogP contribution in [0.3, 0.4) is 0 Å². The second kappa shape index (κ2) is 4.80. The molecule has 0 fully saturated rings. The first kappa shape index (κ1) is 12.9. The molecule has 0 saturated heterocycles. The molecule has 3 aromatic rings. The second-order valence-corrected chi connectivity index (χ2v) is 5.34. The van der Waals surface area contributed by atoms with E-state index in [1.165, 1.54) is 0 Å². The molecule has 3 rings (SSSR count). The number of nitrogens with zero attached hydrogens (tertiary/aromatic N) is 3. The lowest BCUT2D eigenvalue weighted by molar-refractivity contribution is 0.475. The molecule has 20 heavy (non-hydrogen) atoms. The number of aromatic nitrogens is 3. The van der Waals surface area contributed by atoms with Crippen LogP contribution in [0.2, 0.25) is 5.02 Å². The first-order valence-electron chi connectivity index (χ1n) is 6.39. The molecule has 0 spiro atoms. The lowest BCUT2D eigenvalue weighted by atomic mass is 10.2. The average Bonchev–Trinajstić information content (AvgIpc) is 2.81. The Labute approximate surface area is 121 Å². The number of rotatable bonds is 2. The monoisotopic (exact) mass is 287 g/mol. The molecule has 0 aliphatic carbocycles. The number of benzene rings is 1. The molecule has 0 radical (unpaired) electrons. The van der Waals surface area contributed by atoms with Gasteiger partial charge < -0.3 is 9.67 Å². The number of imidazole rings is 1. The molecule has 2 aromatic heterocycles. The number of fused-ring (bicyclic) bond motifs is 1. The number of phenolic OH excluding ortho intramolecular Hbond substituents is 1. The van der Waals surface area contributed by atoms with Crippen LogP contribution < -0.4 is 0 Å². The highest BCUT2D eigenvalue weighted by Gasteiger charge is 2.15. The maximum atomic E-state index is 9.54. The molecule has 0 unspecified atom stereocenters. The van der Waals surface area contributed by atoms with E-state index in [2.05, 4.69) is 28.4 Å². The summed E-state index contributed by atoms with van der Waals surface area (Å²) in [6.45, 7) is 4.21. The van der Waals surface area contributed by atoms with Gasteiger partial charge in [-0.15, -0.1) is 0 Å². The summed E-state index contributed by atoms with van der Waals surface area (Å²) < 4.78 is 2.14. The Morgan fingerprint density at radius 1 is 1.25 bits per heavy atom. The minimum atomic E-state index is 0.0734. The van der Waals surface area contributed by atoms with Gasteiger partial charge in [0.05, 0.1) is 16.7 Å². The maximum Gasteiger partial charge on any atom is 0.141 e. The quantitative estimate of drug-likeness (QED) is 0.774. The molecule has 5 heteroatoms. The van der Waals surface area contributed by atoms with Crippen LogP contribution in [0, 0.1) is 0 Å². The molecule has 102 valence electrons. The van der Waals surface area contributed by atoms with Crippen LogP contribution in [0.4, 0.5) is 0 Å². The summed E-state index contributed by atoms with van der Waals surface area (Å²) in [6.07, 6.45) is 3.51. The van der Waals surface area contributed by atoms with Gasteiger partial charge in [-0.3, -0.25) is 4.98 Å². The Hall–Kier alpha value is -2.07. The van der Waals surface area contributed by atoms with Crippen molar-refractivity contribution in [3.8, 4) is 17.1 Å². The Balaban J connectivity index is 2.29. The van der Waals surface area contributed by atoms with E-state index in [9.17, 15) is 5.11 Å². The predicted octanol–water partition coefficient (Wildman–Crippen LogP) is 4.04. The maximum absolute atomic E-state index is 9.54. The van der Waals surface area contributed by atoms with Crippen molar-refractivity contribution >= 4 is 22.6 Å². The van der Waals surface area contributed by atoms with E-state index in [0.717, 1.165) is 22.4 Å². The van der Waals surface area contributed by atoms with Gasteiger partial charge in [0.2, 0.25) is 0 Å². The number of halogens is 1. The van der Waals surface area contributed by atoms with Gasteiger partial charge in [-0.05, 0) is 38.1 Å². The van der Waals surface area contributed by atoms with Crippen LogP contribution in [-0.2, 0) is 0 Å². The zero-order chi connectivity index (χ0) is 14.3. The van der Waals surface area contributed by atoms with Crippen LogP contribution >= 0.6 is 11.6 Å². The Kier molecular flexibility index (Phi) is 3.10. The highest BCUT2D eigenvalue weighted by molar-refractivity contribution is 6.32. The second-order valence-electron chi connectivity index (χ2n) is 4.93. The number of hydrogen-bond donors (Lipinski definition) is 1. The van der Waals surface area contributed by atoms with Gasteiger partial charge in [0.25, 0.3) is 0 Å². The van der Waals surface area contributed by atoms with Crippen LogP contribution in [0.15, 0.2) is 36.7 Å². The lowest BCUT2D eigenvalue weighted by Crippen LogP contribution is -2.03. The summed E-state index contributed by atoms with van der Waals surface area (Å²) in [5, 5.41) is 9.86. The first-order valence-corrected chi connectivity index (χ1v) is 6.76. The SMILES string of the molecule is CC(C)n1c(-c2ccc(O)c(Cl)c2)nc2cnccc21. The van der Waals surface area contributed by atoms with Crippen LogP contribution in [0.1, 0.15) is 19.9 Å². The highest BCUT2D eigenvalue weighted by atomic mass is 35.5. The lowest BCUT2D eigenvalue weighted by Gasteiger charge is -2.13. The third-order valence-corrected chi connectivity index (χ3v) is 3.52. The summed E-state index contributed by atoms with van der Waals surface area (Å²) in [7, 11) is 0. The third-order valence-electron chi connectivity index (χ3n) is 3.21. The number of phenols is 1. The molecule has 0 bridgehead atoms. The van der Waals surface area contributed by atoms with Crippen molar-refractivity contribution in [2.24, 2.45) is 0 Å². The molecule has 4 nitrogen and oxygen atoms in total. The number of hydrogen-bond acceptors (Lipinski definition) is 3. The minimum Gasteiger partial charge on any atom is -0.506 e. The fourth-order valence-corrected chi connectivity index (χ4v) is 2.50. The fraction of sp³-hybridized carbons (Fsp3) is 0.200. The van der Waals surface area contributed by atoms with Crippen molar-refractivity contribution in [1.82, 2.24) is 14.5 Å². The minimum absolute atomic E-state index is 0.0734. The van der Waals surface area contributed by atoms with Crippen molar-refractivity contribution < 1.29 is 5.11 Å². The summed E-state index contributed by atoms with van der Waals surface area (Å²) in [6, 6.07) is 7.33. The van der Waals surface area contributed by atoms with Gasteiger partial charge in [0.15, 0.2) is 0 Å². The molecule has 1 N–H and O–H groups in total. The van der Waals surface area contributed by atoms with Crippen molar-refractivity contribution in [1.29, 1.82) is 0 Å². The normalized spacial score (nSPS) is 11.4. The topological polar surface area (TPSA) is 50.9 Å². The van der Waals surface area contributed by atoms with Crippen molar-refractivity contribution in [3.63, 3.8) is 0 Å². The summed E-state index contributed by atoms with van der Waals surface area (Å²) in [4.78, 5) is 8.75. The molecular weight excluding hydrogens is 274 g/mol. The van der Waals surface area contributed by atoms with E-state index in [1.807, 2.05) is 12.1 Å². The summed E-state index contributed by atoms with van der Waals surface area (Å²) in [5.41, 5.74) is 2.76. The first-order chi connectivity index (χ1) is 9.58. The van der Waals surface area contributed by atoms with Gasteiger partial charge in [0.1, 0.15) is 17.1 Å². The Bertz CT molecular complexity index is 780. The van der Waals surface area contributed by atoms with Crippen LogP contribution in [0.25, 0.3) is 22.4 Å². The molecule has 0 saturated carbocycles. The zero-order valence-corrected chi connectivity index (χ0v) is 12.0. The van der Waals surface area contributed by atoms with E-state index < -0.39 is 0 Å². The van der Waals surface area contributed by atoms with Crippen molar-refractivity contribution in [2.75, 3.05) is 0 Å². The van der Waals surface area contributed by atoms with E-state index in [4.69, 9.17) is 11.6 Å². The predicted molar refractivity (Wildman–Crippen MR) is 80.0 cm³/mol. The number of aromatic hydroxyl groups is 1. The van der Waals surface area contributed by atoms with E-state index in [0.29, 0.717) is 5.02 Å². The molecular formula is C15H14ClN3O. The smallest absolute Gasteiger partial charge is 0.141 e. The largest absolute Gasteiger partial charge is 0.506 e. The van der Waals surface area contributed by atoms with Gasteiger partial charge in [-0.2, -0.15) is 0 Å². The Morgan fingerprint density at radius 2 is 2.05 bits per heavy atom. The summed E-state index contributed by atoms with van der Waals surface area (Å²) in [5.74, 6) is 0.897. The molecule has 1 aromatic carbocycles. The van der Waals surface area contributed by atoms with E-state index >= 15 is 0 Å². The molecule has 0 aliphatic rings. The fourth-order valence-electron chi connectivity index (χ4n) is 2.32. The molecule has 2 heterocycles. The zero-order valence-electron chi connectivity index (χ0n) is 11.2. The van der Waals surface area contributed by atoms with Crippen molar-refractivity contribution in [3.05, 3.63) is 41.7 Å². The molecule has 0 amide bonds. The van der Waals surface area contributed by atoms with Gasteiger partial charge in [-0.1, -0.05) is 11.6 Å². The van der Waals surface area contributed by atoms with E-state index in [-0.39, 0.29) is 11.8 Å². The van der Waals surface area contributed by atoms with Gasteiger partial charge in [-0.25, -0.2) is 4.98 Å². The van der Waals surface area contributed by atoms with Gasteiger partial charge >= 0.3 is 0 Å². The van der Waals surface area contributed by atoms with Gasteiger partial charge in [0, 0.05) is 17.8 Å². The third kappa shape index (κ3) is 2.02. The van der Waals surface area contributed by atoms with E-state index in [1.54, 1.807) is 24.5 Å². The highest BCUT2D eigenvalue weighted by Crippen LogP contribution is 2.32. The molecule has 0 atom stereocenters. The Morgan fingerprint density at radius 3 is 2.75 bits per heavy atom. The van der Waals surface area contributed by atoms with Crippen LogP contribution in [-0.4, -0.2) is 19.6 Å². The molecule has 0 aliphatic heterocycles. The number of pyridine rings is 1. The standard InChI is InChI=1S/C15H14ClN3O/c1-9(2)19-13-5-6-17-8-12(13)18-15(19)10-3-4-14(20)11(16)7-10/h3-9,20H,1-2H3. The summed E-state index contributed by atoms with van der Waals surface area (Å²) >= 11 is 5.99. The van der Waals surface area contributed by atoms with Crippen LogP contribution in [0.5, 0.6) is 5.75 Å².